The summed E-state index contributed by atoms with van der Waals surface area (Å²) in [4.78, 5) is 9.29. The van der Waals surface area contributed by atoms with Crippen molar-refractivity contribution in [3.63, 3.8) is 0 Å². The lowest BCUT2D eigenvalue weighted by molar-refractivity contribution is 0.340. The van der Waals surface area contributed by atoms with Gasteiger partial charge in [0.15, 0.2) is 5.11 Å². The number of nitrogens with one attached hydrogen (secondary N) is 1. The highest BCUT2D eigenvalue weighted by atomic mass is 35.5. The summed E-state index contributed by atoms with van der Waals surface area (Å²) in [6, 6.07) is 24.5. The summed E-state index contributed by atoms with van der Waals surface area (Å²) < 4.78 is 7.89. The first kappa shape index (κ1) is 26.7. The molecule has 2 saturated heterocycles. The van der Waals surface area contributed by atoms with Gasteiger partial charge < -0.3 is 24.4 Å². The van der Waals surface area contributed by atoms with E-state index < -0.39 is 0 Å². The lowest BCUT2D eigenvalue weighted by Crippen LogP contribution is -2.33. The third-order valence-corrected chi connectivity index (χ3v) is 8.56. The first-order valence-corrected chi connectivity index (χ1v) is 14.8. The average molecular weight is 572 g/mol. The first-order chi connectivity index (χ1) is 19.5. The monoisotopic (exact) mass is 571 g/mol. The molecule has 2 aromatic heterocycles. The van der Waals surface area contributed by atoms with Crippen molar-refractivity contribution in [3.8, 4) is 11.4 Å². The van der Waals surface area contributed by atoms with Gasteiger partial charge in [0.1, 0.15) is 11.8 Å². The molecule has 4 heterocycles. The fourth-order valence-corrected chi connectivity index (χ4v) is 6.47. The number of rotatable bonds is 7. The average Bonchev–Trinajstić information content (AvgIpc) is 3.59. The van der Waals surface area contributed by atoms with Crippen LogP contribution in [0.25, 0.3) is 5.69 Å². The topological polar surface area (TPSA) is 45.6 Å². The number of anilines is 2. The van der Waals surface area contributed by atoms with Crippen molar-refractivity contribution in [2.24, 2.45) is 5.92 Å². The van der Waals surface area contributed by atoms with Crippen LogP contribution in [0, 0.1) is 5.92 Å². The van der Waals surface area contributed by atoms with Crippen LogP contribution < -0.4 is 19.9 Å². The predicted octanol–water partition coefficient (Wildman–Crippen LogP) is 7.34. The van der Waals surface area contributed by atoms with Gasteiger partial charge in [-0.25, -0.2) is 0 Å². The molecule has 0 radical (unpaired) electrons. The minimum absolute atomic E-state index is 0.146. The van der Waals surface area contributed by atoms with E-state index in [0.717, 1.165) is 58.2 Å². The zero-order chi connectivity index (χ0) is 27.6. The maximum atomic E-state index is 6.96. The van der Waals surface area contributed by atoms with Crippen LogP contribution in [-0.4, -0.2) is 34.4 Å². The lowest BCUT2D eigenvalue weighted by Gasteiger charge is -2.33. The van der Waals surface area contributed by atoms with E-state index in [9.17, 15) is 0 Å². The molecule has 6 rings (SSSR count). The first-order valence-electron chi connectivity index (χ1n) is 14.0. The minimum Gasteiger partial charge on any atom is -0.494 e. The van der Waals surface area contributed by atoms with Crippen molar-refractivity contribution in [1.82, 2.24) is 14.9 Å². The second-order valence-corrected chi connectivity index (χ2v) is 11.3. The van der Waals surface area contributed by atoms with Crippen LogP contribution in [0.15, 0.2) is 85.2 Å². The molecule has 0 spiro atoms. The highest BCUT2D eigenvalue weighted by molar-refractivity contribution is 7.80. The van der Waals surface area contributed by atoms with Crippen molar-refractivity contribution < 1.29 is 4.74 Å². The second-order valence-electron chi connectivity index (χ2n) is 10.5. The molecule has 0 aliphatic carbocycles. The molecule has 2 aromatic carbocycles. The van der Waals surface area contributed by atoms with Crippen molar-refractivity contribution in [1.29, 1.82) is 0 Å². The Bertz CT molecular complexity index is 1470. The van der Waals surface area contributed by atoms with E-state index in [1.807, 2.05) is 43.5 Å². The SMILES string of the molecule is CCOc1ccc(-n2cccc2[C@@H]2[C@H](c3ccccn3)NC(=S)N2c2ccc(N3CCC(C)CC3)c(Cl)c2)cc1. The van der Waals surface area contributed by atoms with Gasteiger partial charge in [-0.1, -0.05) is 24.6 Å². The summed E-state index contributed by atoms with van der Waals surface area (Å²) in [7, 11) is 0. The predicted molar refractivity (Wildman–Crippen MR) is 167 cm³/mol. The summed E-state index contributed by atoms with van der Waals surface area (Å²) in [6.45, 7) is 7.02. The molecule has 4 aromatic rings. The molecule has 2 fully saturated rings. The Kier molecular flexibility index (Phi) is 7.67. The Morgan fingerprint density at radius 2 is 1.77 bits per heavy atom. The standard InChI is InChI=1S/C32H34ClN5OS/c1-3-39-25-12-9-23(10-13-25)37-18-6-8-29(37)31-30(27-7-4-5-17-34-27)35-32(40)38(31)24-11-14-28(26(33)21-24)36-19-15-22(2)16-20-36/h4-14,17-18,21-22,30-31H,3,15-16,19-20H2,1-2H3,(H,35,40)/t30-,31+/m0/s1. The van der Waals surface area contributed by atoms with Gasteiger partial charge in [-0.2, -0.15) is 0 Å². The smallest absolute Gasteiger partial charge is 0.174 e. The van der Waals surface area contributed by atoms with Gasteiger partial charge in [-0.15, -0.1) is 0 Å². The molecule has 1 N–H and O–H groups in total. The number of benzene rings is 2. The van der Waals surface area contributed by atoms with Gasteiger partial charge in [0.25, 0.3) is 0 Å². The fourth-order valence-electron chi connectivity index (χ4n) is 5.82. The molecule has 40 heavy (non-hydrogen) atoms. The molecule has 0 saturated carbocycles. The van der Waals surface area contributed by atoms with Crippen LogP contribution in [0.2, 0.25) is 5.02 Å². The van der Waals surface area contributed by atoms with Gasteiger partial charge in [0.05, 0.1) is 29.1 Å². The number of aromatic nitrogens is 2. The number of halogens is 1. The van der Waals surface area contributed by atoms with Gasteiger partial charge in [-0.05, 0) is 105 Å². The summed E-state index contributed by atoms with van der Waals surface area (Å²) in [5.41, 5.74) is 5.12. The molecule has 8 heteroatoms. The van der Waals surface area contributed by atoms with Crippen LogP contribution in [0.5, 0.6) is 5.75 Å². The molecule has 0 bridgehead atoms. The van der Waals surface area contributed by atoms with Gasteiger partial charge in [0, 0.05) is 42.6 Å². The van der Waals surface area contributed by atoms with Crippen LogP contribution >= 0.6 is 23.8 Å². The van der Waals surface area contributed by atoms with E-state index in [2.05, 4.69) is 75.3 Å². The quantitative estimate of drug-likeness (QED) is 0.234. The summed E-state index contributed by atoms with van der Waals surface area (Å²) in [5, 5.41) is 4.97. The molecular weight excluding hydrogens is 538 g/mol. The largest absolute Gasteiger partial charge is 0.494 e. The Hall–Kier alpha value is -3.55. The maximum Gasteiger partial charge on any atom is 0.174 e. The Morgan fingerprint density at radius 3 is 2.48 bits per heavy atom. The van der Waals surface area contributed by atoms with Crippen LogP contribution in [0.1, 0.15) is 50.2 Å². The summed E-state index contributed by atoms with van der Waals surface area (Å²) in [5.74, 6) is 1.62. The third kappa shape index (κ3) is 5.16. The van der Waals surface area contributed by atoms with E-state index in [0.29, 0.717) is 11.7 Å². The number of hydrogen-bond acceptors (Lipinski definition) is 4. The number of hydrogen-bond donors (Lipinski definition) is 1. The zero-order valence-corrected chi connectivity index (χ0v) is 24.4. The van der Waals surface area contributed by atoms with E-state index in [1.165, 1.54) is 12.8 Å². The Balaban J connectivity index is 1.40. The minimum atomic E-state index is -0.151. The number of nitrogens with zero attached hydrogens (tertiary/aromatic N) is 4. The van der Waals surface area contributed by atoms with Crippen molar-refractivity contribution >= 4 is 40.3 Å². The molecular formula is C32H34ClN5OS. The van der Waals surface area contributed by atoms with E-state index >= 15 is 0 Å². The normalized spacial score (nSPS) is 19.6. The molecule has 2 aliphatic rings. The molecule has 206 valence electrons. The molecule has 2 atom stereocenters. The fraction of sp³-hybridized carbons (Fsp3) is 0.312. The van der Waals surface area contributed by atoms with Gasteiger partial charge in [0.2, 0.25) is 0 Å². The Labute approximate surface area is 246 Å². The van der Waals surface area contributed by atoms with Gasteiger partial charge >= 0.3 is 0 Å². The van der Waals surface area contributed by atoms with Gasteiger partial charge in [-0.3, -0.25) is 4.98 Å². The third-order valence-electron chi connectivity index (χ3n) is 7.94. The molecule has 6 nitrogen and oxygen atoms in total. The highest BCUT2D eigenvalue weighted by Crippen LogP contribution is 2.44. The molecule has 0 amide bonds. The maximum absolute atomic E-state index is 6.96. The number of pyridine rings is 1. The number of piperidine rings is 1. The summed E-state index contributed by atoms with van der Waals surface area (Å²) in [6.07, 6.45) is 6.30. The van der Waals surface area contributed by atoms with Crippen molar-refractivity contribution in [2.45, 2.75) is 38.8 Å². The van der Waals surface area contributed by atoms with E-state index in [-0.39, 0.29) is 12.1 Å². The van der Waals surface area contributed by atoms with Crippen LogP contribution in [0.4, 0.5) is 11.4 Å². The summed E-state index contributed by atoms with van der Waals surface area (Å²) >= 11 is 12.9. The molecule has 2 aliphatic heterocycles. The number of thiocarbonyl (C=S) groups is 1. The van der Waals surface area contributed by atoms with E-state index in [1.54, 1.807) is 0 Å². The van der Waals surface area contributed by atoms with E-state index in [4.69, 9.17) is 33.5 Å². The van der Waals surface area contributed by atoms with Crippen molar-refractivity contribution in [3.05, 3.63) is 102 Å². The van der Waals surface area contributed by atoms with Crippen LogP contribution in [0.3, 0.4) is 0 Å². The molecule has 0 unspecified atom stereocenters. The lowest BCUT2D eigenvalue weighted by atomic mass is 9.98. The van der Waals surface area contributed by atoms with Crippen molar-refractivity contribution in [2.75, 3.05) is 29.5 Å². The zero-order valence-electron chi connectivity index (χ0n) is 22.8. The number of ether oxygens (including phenoxy) is 1. The Morgan fingerprint density at radius 1 is 1.00 bits per heavy atom. The van der Waals surface area contributed by atoms with Crippen LogP contribution in [-0.2, 0) is 0 Å². The second kappa shape index (κ2) is 11.5. The highest BCUT2D eigenvalue weighted by Gasteiger charge is 2.42.